The first-order chi connectivity index (χ1) is 9.16. The summed E-state index contributed by atoms with van der Waals surface area (Å²) in [5.74, 6) is 1.71. The van der Waals surface area contributed by atoms with Gasteiger partial charge >= 0.3 is 0 Å². The summed E-state index contributed by atoms with van der Waals surface area (Å²) in [5.41, 5.74) is 5.69. The van der Waals surface area contributed by atoms with E-state index in [4.69, 9.17) is 10.5 Å². The largest absolute Gasteiger partial charge is 0.381 e. The summed E-state index contributed by atoms with van der Waals surface area (Å²) in [6.07, 6.45) is 0.947. The number of nitrogens with one attached hydrogen (secondary N) is 1. The second-order valence-corrected chi connectivity index (χ2v) is 5.71. The van der Waals surface area contributed by atoms with Crippen LogP contribution in [0.4, 0.5) is 11.8 Å². The quantitative estimate of drug-likeness (QED) is 0.763. The van der Waals surface area contributed by atoms with Crippen LogP contribution in [0.25, 0.3) is 10.2 Å². The lowest BCUT2D eigenvalue weighted by Crippen LogP contribution is -2.10. The molecule has 0 aliphatic carbocycles. The Bertz CT molecular complexity index is 526. The molecule has 2 heterocycles. The number of anilines is 2. The minimum absolute atomic E-state index is 0.313. The maximum atomic E-state index is 5.69. The van der Waals surface area contributed by atoms with Gasteiger partial charge in [-0.05, 0) is 23.8 Å². The van der Waals surface area contributed by atoms with Crippen LogP contribution < -0.4 is 11.1 Å². The minimum atomic E-state index is 0.313. The van der Waals surface area contributed by atoms with Crippen molar-refractivity contribution in [1.29, 1.82) is 0 Å². The van der Waals surface area contributed by atoms with Crippen molar-refractivity contribution in [2.75, 3.05) is 30.8 Å². The Hall–Kier alpha value is -1.40. The zero-order chi connectivity index (χ0) is 13.7. The predicted octanol–water partition coefficient (Wildman–Crippen LogP) is 2.75. The van der Waals surface area contributed by atoms with Gasteiger partial charge in [-0.2, -0.15) is 4.98 Å². The van der Waals surface area contributed by atoms with E-state index in [-0.39, 0.29) is 0 Å². The molecule has 0 bridgehead atoms. The second-order valence-electron chi connectivity index (χ2n) is 4.82. The number of aromatic nitrogens is 2. The average molecular weight is 280 g/mol. The van der Waals surface area contributed by atoms with Crippen molar-refractivity contribution in [2.24, 2.45) is 5.92 Å². The van der Waals surface area contributed by atoms with Gasteiger partial charge in [-0.1, -0.05) is 13.8 Å². The summed E-state index contributed by atoms with van der Waals surface area (Å²) >= 11 is 1.57. The standard InChI is InChI=1S/C13H20N4OS/c1-9(2)8-18-6-3-5-15-11-10-4-7-19-12(10)17-13(14)16-11/h4,7,9H,3,5-6,8H2,1-2H3,(H3,14,15,16,17). The molecule has 0 aromatic carbocycles. The van der Waals surface area contributed by atoms with Gasteiger partial charge in [0, 0.05) is 19.8 Å². The van der Waals surface area contributed by atoms with Crippen LogP contribution in [0.2, 0.25) is 0 Å². The molecule has 6 heteroatoms. The molecule has 2 aromatic heterocycles. The van der Waals surface area contributed by atoms with Crippen LogP contribution in [-0.2, 0) is 4.74 Å². The van der Waals surface area contributed by atoms with Gasteiger partial charge in [0.1, 0.15) is 10.6 Å². The van der Waals surface area contributed by atoms with Crippen molar-refractivity contribution in [1.82, 2.24) is 9.97 Å². The Morgan fingerprint density at radius 3 is 3.05 bits per heavy atom. The highest BCUT2D eigenvalue weighted by Gasteiger charge is 2.06. The van der Waals surface area contributed by atoms with Crippen molar-refractivity contribution in [3.8, 4) is 0 Å². The van der Waals surface area contributed by atoms with E-state index in [0.29, 0.717) is 11.9 Å². The second kappa shape index (κ2) is 6.68. The SMILES string of the molecule is CC(C)COCCCNc1nc(N)nc2sccc12. The molecule has 0 saturated carbocycles. The third-order valence-electron chi connectivity index (χ3n) is 2.55. The topological polar surface area (TPSA) is 73.1 Å². The van der Waals surface area contributed by atoms with Crippen molar-refractivity contribution in [2.45, 2.75) is 20.3 Å². The fourth-order valence-corrected chi connectivity index (χ4v) is 2.48. The molecule has 0 spiro atoms. The minimum Gasteiger partial charge on any atom is -0.381 e. The number of nitrogens with zero attached hydrogens (tertiary/aromatic N) is 2. The number of rotatable bonds is 7. The lowest BCUT2D eigenvalue weighted by molar-refractivity contribution is 0.110. The van der Waals surface area contributed by atoms with Crippen LogP contribution >= 0.6 is 11.3 Å². The molecular weight excluding hydrogens is 260 g/mol. The van der Waals surface area contributed by atoms with Gasteiger partial charge in [0.2, 0.25) is 5.95 Å². The van der Waals surface area contributed by atoms with Crippen LogP contribution in [0, 0.1) is 5.92 Å². The van der Waals surface area contributed by atoms with Crippen LogP contribution in [-0.4, -0.2) is 29.7 Å². The zero-order valence-corrected chi connectivity index (χ0v) is 12.2. The highest BCUT2D eigenvalue weighted by molar-refractivity contribution is 7.16. The number of ether oxygens (including phenoxy) is 1. The summed E-state index contributed by atoms with van der Waals surface area (Å²) in [6, 6.07) is 2.01. The molecule has 104 valence electrons. The van der Waals surface area contributed by atoms with E-state index in [1.807, 2.05) is 11.4 Å². The van der Waals surface area contributed by atoms with Crippen LogP contribution in [0.5, 0.6) is 0 Å². The molecule has 2 aromatic rings. The molecule has 5 nitrogen and oxygen atoms in total. The molecule has 0 saturated heterocycles. The number of hydrogen-bond acceptors (Lipinski definition) is 6. The Morgan fingerprint density at radius 2 is 2.26 bits per heavy atom. The van der Waals surface area contributed by atoms with Crippen molar-refractivity contribution < 1.29 is 4.74 Å². The molecule has 0 unspecified atom stereocenters. The molecule has 3 N–H and O–H groups in total. The first kappa shape index (κ1) is 14.0. The first-order valence-electron chi connectivity index (χ1n) is 6.49. The Kier molecular flexibility index (Phi) is 4.93. The van der Waals surface area contributed by atoms with Crippen molar-refractivity contribution >= 4 is 33.3 Å². The van der Waals surface area contributed by atoms with E-state index in [1.54, 1.807) is 11.3 Å². The maximum absolute atomic E-state index is 5.69. The van der Waals surface area contributed by atoms with Crippen LogP contribution in [0.1, 0.15) is 20.3 Å². The fraction of sp³-hybridized carbons (Fsp3) is 0.538. The van der Waals surface area contributed by atoms with Gasteiger partial charge in [0.25, 0.3) is 0 Å². The highest BCUT2D eigenvalue weighted by atomic mass is 32.1. The molecule has 0 aliphatic heterocycles. The lowest BCUT2D eigenvalue weighted by Gasteiger charge is -2.09. The number of nitrogen functional groups attached to an aromatic ring is 1. The summed E-state index contributed by atoms with van der Waals surface area (Å²) in [7, 11) is 0. The molecule has 2 rings (SSSR count). The monoisotopic (exact) mass is 280 g/mol. The van der Waals surface area contributed by atoms with E-state index in [2.05, 4.69) is 29.1 Å². The maximum Gasteiger partial charge on any atom is 0.223 e. The van der Waals surface area contributed by atoms with Crippen LogP contribution in [0.15, 0.2) is 11.4 Å². The molecule has 0 radical (unpaired) electrons. The third-order valence-corrected chi connectivity index (χ3v) is 3.36. The summed E-state index contributed by atoms with van der Waals surface area (Å²) < 4.78 is 5.53. The van der Waals surface area contributed by atoms with Gasteiger partial charge in [0.15, 0.2) is 0 Å². The molecular formula is C13H20N4OS. The third kappa shape index (κ3) is 4.04. The zero-order valence-electron chi connectivity index (χ0n) is 11.3. The van der Waals surface area contributed by atoms with E-state index in [9.17, 15) is 0 Å². The van der Waals surface area contributed by atoms with Gasteiger partial charge in [-0.25, -0.2) is 4.98 Å². The molecule has 0 fully saturated rings. The van der Waals surface area contributed by atoms with Gasteiger partial charge < -0.3 is 15.8 Å². The van der Waals surface area contributed by atoms with Gasteiger partial charge in [0.05, 0.1) is 5.39 Å². The molecule has 0 atom stereocenters. The number of fused-ring (bicyclic) bond motifs is 1. The number of hydrogen-bond donors (Lipinski definition) is 2. The number of nitrogens with two attached hydrogens (primary N) is 1. The first-order valence-corrected chi connectivity index (χ1v) is 7.37. The molecule has 0 aliphatic rings. The van der Waals surface area contributed by atoms with Crippen LogP contribution in [0.3, 0.4) is 0 Å². The predicted molar refractivity (Wildman–Crippen MR) is 80.6 cm³/mol. The van der Waals surface area contributed by atoms with Crippen molar-refractivity contribution in [3.05, 3.63) is 11.4 Å². The van der Waals surface area contributed by atoms with Gasteiger partial charge in [-0.3, -0.25) is 0 Å². The van der Waals surface area contributed by atoms with Crippen molar-refractivity contribution in [3.63, 3.8) is 0 Å². The van der Waals surface area contributed by atoms with E-state index in [1.165, 1.54) is 0 Å². The molecule has 0 amide bonds. The summed E-state index contributed by atoms with van der Waals surface area (Å²) in [5, 5.41) is 6.32. The van der Waals surface area contributed by atoms with Gasteiger partial charge in [-0.15, -0.1) is 11.3 Å². The average Bonchev–Trinajstić information content (AvgIpc) is 2.80. The van der Waals surface area contributed by atoms with E-state index in [0.717, 1.165) is 42.2 Å². The van der Waals surface area contributed by atoms with E-state index >= 15 is 0 Å². The normalized spacial score (nSPS) is 11.3. The smallest absolute Gasteiger partial charge is 0.223 e. The Balaban J connectivity index is 1.83. The number of thiophene rings is 1. The van der Waals surface area contributed by atoms with E-state index < -0.39 is 0 Å². The Morgan fingerprint density at radius 1 is 1.42 bits per heavy atom. The lowest BCUT2D eigenvalue weighted by atomic mass is 10.2. The summed E-state index contributed by atoms with van der Waals surface area (Å²) in [4.78, 5) is 9.36. The highest BCUT2D eigenvalue weighted by Crippen LogP contribution is 2.25. The molecule has 19 heavy (non-hydrogen) atoms. The Labute approximate surface area is 117 Å². The summed E-state index contributed by atoms with van der Waals surface area (Å²) in [6.45, 7) is 6.69. The fourth-order valence-electron chi connectivity index (χ4n) is 1.71.